The topological polar surface area (TPSA) is 160 Å². The molecule has 224 valence electrons. The summed E-state index contributed by atoms with van der Waals surface area (Å²) in [6.07, 6.45) is -0.702. The van der Waals surface area contributed by atoms with Crippen molar-refractivity contribution in [1.29, 1.82) is 0 Å². The van der Waals surface area contributed by atoms with Gasteiger partial charge in [-0.15, -0.1) is 0 Å². The van der Waals surface area contributed by atoms with Gasteiger partial charge >= 0.3 is 0 Å². The Hall–Kier alpha value is -4.10. The van der Waals surface area contributed by atoms with Crippen molar-refractivity contribution in [3.05, 3.63) is 64.9 Å². The number of methoxy groups -OCH3 is 3. The van der Waals surface area contributed by atoms with Crippen LogP contribution in [0.5, 0.6) is 17.2 Å². The standard InChI is InChI=1S/C30H34N2O10/c1-38-10-8-32(30(37)23-13-17-5-4-6-21(39-2)26(17)41-23)20-14-19(29(36)31-7-9-33)24-18-11-16(15-34)12-22(40-3)27(18)42-28(24)25(20)35/h4-6,11-14,20,24-25,28,33-35H,7-10,15H2,1-3H3,(H,31,36). The van der Waals surface area contributed by atoms with Crippen LogP contribution in [0.3, 0.4) is 0 Å². The second-order valence-electron chi connectivity index (χ2n) is 10.00. The molecule has 4 atom stereocenters. The first-order valence-electron chi connectivity index (χ1n) is 13.5. The molecule has 4 N–H and O–H groups in total. The molecular weight excluding hydrogens is 548 g/mol. The van der Waals surface area contributed by atoms with E-state index >= 15 is 0 Å². The molecule has 1 aliphatic carbocycles. The first-order valence-corrected chi connectivity index (χ1v) is 13.5. The number of carbonyl (C=O) groups is 2. The highest BCUT2D eigenvalue weighted by Gasteiger charge is 2.51. The Balaban J connectivity index is 1.60. The second-order valence-corrected chi connectivity index (χ2v) is 10.00. The maximum absolute atomic E-state index is 14.0. The number of fused-ring (bicyclic) bond motifs is 4. The van der Waals surface area contributed by atoms with Crippen molar-refractivity contribution >= 4 is 22.8 Å². The van der Waals surface area contributed by atoms with Gasteiger partial charge < -0.3 is 48.9 Å². The molecule has 0 radical (unpaired) electrons. The van der Waals surface area contributed by atoms with Crippen molar-refractivity contribution < 1.29 is 48.3 Å². The Morgan fingerprint density at radius 1 is 1.07 bits per heavy atom. The van der Waals surface area contributed by atoms with Gasteiger partial charge in [-0.3, -0.25) is 9.59 Å². The average Bonchev–Trinajstić information content (AvgIpc) is 3.63. The summed E-state index contributed by atoms with van der Waals surface area (Å²) in [7, 11) is 4.46. The average molecular weight is 583 g/mol. The summed E-state index contributed by atoms with van der Waals surface area (Å²) >= 11 is 0. The normalized spacial score (nSPS) is 20.8. The fraction of sp³-hybridized carbons (Fsp3) is 0.400. The SMILES string of the molecule is COCCN(C(=O)c1cc2cccc(OC)c2o1)C1C=C(C(=O)NCCO)C2c3cc(CO)cc(OC)c3OC2C1O. The van der Waals surface area contributed by atoms with Gasteiger partial charge in [0.15, 0.2) is 28.6 Å². The predicted octanol–water partition coefficient (Wildman–Crippen LogP) is 1.35. The molecule has 1 aromatic heterocycles. The summed E-state index contributed by atoms with van der Waals surface area (Å²) in [4.78, 5) is 28.8. The molecule has 0 saturated carbocycles. The number of rotatable bonds is 11. The monoisotopic (exact) mass is 582 g/mol. The van der Waals surface area contributed by atoms with Gasteiger partial charge in [-0.05, 0) is 35.9 Å². The molecule has 1 aliphatic heterocycles. The lowest BCUT2D eigenvalue weighted by Crippen LogP contribution is -2.56. The number of amides is 2. The number of nitrogens with zero attached hydrogens (tertiary/aromatic N) is 1. The zero-order valence-corrected chi connectivity index (χ0v) is 23.5. The fourth-order valence-electron chi connectivity index (χ4n) is 5.64. The van der Waals surface area contributed by atoms with Crippen LogP contribution in [0.25, 0.3) is 11.0 Å². The highest BCUT2D eigenvalue weighted by molar-refractivity contribution is 5.99. The first kappa shape index (κ1) is 29.4. The Bertz CT molecular complexity index is 1500. The molecule has 0 bridgehead atoms. The summed E-state index contributed by atoms with van der Waals surface area (Å²) in [5.74, 6) is -0.600. The van der Waals surface area contributed by atoms with Crippen LogP contribution in [0.2, 0.25) is 0 Å². The largest absolute Gasteiger partial charge is 0.493 e. The third-order valence-electron chi connectivity index (χ3n) is 7.59. The molecule has 5 rings (SSSR count). The van der Waals surface area contributed by atoms with E-state index < -0.39 is 36.0 Å². The molecule has 0 fully saturated rings. The molecule has 3 aromatic rings. The van der Waals surface area contributed by atoms with E-state index in [-0.39, 0.29) is 44.2 Å². The van der Waals surface area contributed by atoms with Crippen molar-refractivity contribution in [2.45, 2.75) is 30.8 Å². The predicted molar refractivity (Wildman–Crippen MR) is 150 cm³/mol. The van der Waals surface area contributed by atoms with Gasteiger partial charge in [-0.2, -0.15) is 0 Å². The Morgan fingerprint density at radius 3 is 2.55 bits per heavy atom. The van der Waals surface area contributed by atoms with Crippen molar-refractivity contribution in [2.24, 2.45) is 0 Å². The van der Waals surface area contributed by atoms with Crippen LogP contribution in [-0.4, -0.2) is 97.9 Å². The molecule has 12 heteroatoms. The van der Waals surface area contributed by atoms with E-state index in [9.17, 15) is 24.9 Å². The van der Waals surface area contributed by atoms with Crippen LogP contribution in [0.1, 0.15) is 27.6 Å². The third kappa shape index (κ3) is 5.18. The highest BCUT2D eigenvalue weighted by atomic mass is 16.5. The van der Waals surface area contributed by atoms with Crippen molar-refractivity contribution in [3.8, 4) is 17.2 Å². The van der Waals surface area contributed by atoms with Crippen LogP contribution in [0, 0.1) is 0 Å². The number of hydrogen-bond acceptors (Lipinski definition) is 10. The molecule has 2 aromatic carbocycles. The minimum atomic E-state index is -1.28. The number of para-hydroxylation sites is 1. The zero-order valence-electron chi connectivity index (χ0n) is 23.5. The fourth-order valence-corrected chi connectivity index (χ4v) is 5.64. The van der Waals surface area contributed by atoms with E-state index in [2.05, 4.69) is 5.32 Å². The zero-order chi connectivity index (χ0) is 30.0. The van der Waals surface area contributed by atoms with Crippen LogP contribution in [0.15, 0.2) is 52.5 Å². The molecule has 2 amide bonds. The van der Waals surface area contributed by atoms with Gasteiger partial charge in [-0.25, -0.2) is 0 Å². The van der Waals surface area contributed by atoms with Crippen molar-refractivity contribution in [2.75, 3.05) is 47.6 Å². The first-order chi connectivity index (χ1) is 20.4. The van der Waals surface area contributed by atoms with Gasteiger partial charge in [0.1, 0.15) is 12.2 Å². The second kappa shape index (κ2) is 12.4. The Morgan fingerprint density at radius 2 is 1.86 bits per heavy atom. The quantitative estimate of drug-likeness (QED) is 0.260. The highest BCUT2D eigenvalue weighted by Crippen LogP contribution is 2.51. The van der Waals surface area contributed by atoms with Gasteiger partial charge in [0.05, 0.1) is 46.0 Å². The Labute approximate surface area is 242 Å². The van der Waals surface area contributed by atoms with Gasteiger partial charge in [0.25, 0.3) is 5.91 Å². The Kier molecular flexibility index (Phi) is 8.69. The van der Waals surface area contributed by atoms with E-state index in [1.54, 1.807) is 42.5 Å². The number of nitrogens with one attached hydrogen (secondary N) is 1. The number of ether oxygens (including phenoxy) is 4. The van der Waals surface area contributed by atoms with Gasteiger partial charge in [0, 0.05) is 36.7 Å². The maximum Gasteiger partial charge on any atom is 0.290 e. The van der Waals surface area contributed by atoms with E-state index in [0.717, 1.165) is 0 Å². The molecule has 2 aliphatic rings. The summed E-state index contributed by atoms with van der Waals surface area (Å²) < 4.78 is 28.3. The third-order valence-corrected chi connectivity index (χ3v) is 7.59. The number of benzene rings is 2. The van der Waals surface area contributed by atoms with Crippen LogP contribution < -0.4 is 19.5 Å². The number of aliphatic hydroxyl groups is 3. The van der Waals surface area contributed by atoms with E-state index in [1.807, 2.05) is 0 Å². The van der Waals surface area contributed by atoms with Crippen LogP contribution >= 0.6 is 0 Å². The van der Waals surface area contributed by atoms with Crippen molar-refractivity contribution in [3.63, 3.8) is 0 Å². The maximum atomic E-state index is 14.0. The molecule has 42 heavy (non-hydrogen) atoms. The molecule has 12 nitrogen and oxygen atoms in total. The van der Waals surface area contributed by atoms with E-state index in [0.29, 0.717) is 39.3 Å². The number of furan rings is 1. The number of carbonyl (C=O) groups excluding carboxylic acids is 2. The molecule has 4 unspecified atom stereocenters. The van der Waals surface area contributed by atoms with Crippen LogP contribution in [0.4, 0.5) is 0 Å². The smallest absolute Gasteiger partial charge is 0.290 e. The van der Waals surface area contributed by atoms with Gasteiger partial charge in [0.2, 0.25) is 5.91 Å². The number of aliphatic hydroxyl groups excluding tert-OH is 3. The lowest BCUT2D eigenvalue weighted by molar-refractivity contribution is -0.118. The molecule has 0 saturated heterocycles. The summed E-state index contributed by atoms with van der Waals surface area (Å²) in [5, 5.41) is 34.3. The number of hydrogen-bond donors (Lipinski definition) is 4. The van der Waals surface area contributed by atoms with E-state index in [1.165, 1.54) is 26.2 Å². The summed E-state index contributed by atoms with van der Waals surface area (Å²) in [5.41, 5.74) is 1.74. The van der Waals surface area contributed by atoms with E-state index in [4.69, 9.17) is 23.4 Å². The van der Waals surface area contributed by atoms with Crippen molar-refractivity contribution in [1.82, 2.24) is 10.2 Å². The lowest BCUT2D eigenvalue weighted by atomic mass is 9.77. The lowest BCUT2D eigenvalue weighted by Gasteiger charge is -2.40. The summed E-state index contributed by atoms with van der Waals surface area (Å²) in [6, 6.07) is 9.21. The summed E-state index contributed by atoms with van der Waals surface area (Å²) in [6.45, 7) is -0.343. The molecule has 2 heterocycles. The molecule has 0 spiro atoms. The molecular formula is C30H34N2O10. The van der Waals surface area contributed by atoms with Crippen LogP contribution in [-0.2, 0) is 16.1 Å². The minimum absolute atomic E-state index is 0.00162. The minimum Gasteiger partial charge on any atom is -0.493 e. The van der Waals surface area contributed by atoms with Gasteiger partial charge in [-0.1, -0.05) is 12.1 Å².